The molecule has 1 heterocycles. The van der Waals surface area contributed by atoms with Crippen LogP contribution in [-0.2, 0) is 11.3 Å². The molecule has 0 aliphatic heterocycles. The Hall–Kier alpha value is -3.15. The third-order valence-corrected chi connectivity index (χ3v) is 4.66. The first-order valence-electron chi connectivity index (χ1n) is 8.79. The van der Waals surface area contributed by atoms with Gasteiger partial charge in [-0.1, -0.05) is 52.8 Å². The summed E-state index contributed by atoms with van der Waals surface area (Å²) in [5.74, 6) is 0.786. The number of benzene rings is 2. The van der Waals surface area contributed by atoms with Crippen molar-refractivity contribution in [2.75, 3.05) is 14.2 Å². The fourth-order valence-electron chi connectivity index (χ4n) is 2.99. The van der Waals surface area contributed by atoms with E-state index < -0.39 is 0 Å². The summed E-state index contributed by atoms with van der Waals surface area (Å²) >= 11 is 0. The zero-order valence-corrected chi connectivity index (χ0v) is 15.8. The molecule has 0 bridgehead atoms. The van der Waals surface area contributed by atoms with Crippen molar-refractivity contribution in [2.45, 2.75) is 25.8 Å². The summed E-state index contributed by atoms with van der Waals surface area (Å²) in [6, 6.07) is 17.9. The molecule has 0 radical (unpaired) electrons. The fraction of sp³-hybridized carbons (Fsp3) is 0.286. The molecule has 0 saturated carbocycles. The minimum absolute atomic E-state index is 0.0297. The van der Waals surface area contributed by atoms with Gasteiger partial charge in [0.15, 0.2) is 0 Å². The highest BCUT2D eigenvalue weighted by atomic mass is 16.6. The number of rotatable bonds is 7. The smallest absolute Gasteiger partial charge is 0.223 e. The van der Waals surface area contributed by atoms with Gasteiger partial charge in [-0.3, -0.25) is 4.79 Å². The summed E-state index contributed by atoms with van der Waals surface area (Å²) in [6.07, 6.45) is 0.358. The monoisotopic (exact) mass is 365 g/mol. The van der Waals surface area contributed by atoms with Crippen molar-refractivity contribution in [1.29, 1.82) is 0 Å². The molecule has 27 heavy (non-hydrogen) atoms. The maximum atomic E-state index is 12.9. The zero-order valence-electron chi connectivity index (χ0n) is 15.8. The van der Waals surface area contributed by atoms with Crippen LogP contribution >= 0.6 is 0 Å². The number of carbonyl (C=O) groups excluding carboxylic acids is 1. The quantitative estimate of drug-likeness (QED) is 0.640. The molecule has 6 nitrogen and oxygen atoms in total. The van der Waals surface area contributed by atoms with Gasteiger partial charge >= 0.3 is 0 Å². The number of aromatic nitrogens is 2. The topological polar surface area (TPSA) is 68.5 Å². The Morgan fingerprint density at radius 3 is 2.33 bits per heavy atom. The first kappa shape index (κ1) is 18.6. The second kappa shape index (κ2) is 8.49. The number of methoxy groups -OCH3 is 1. The minimum atomic E-state index is -0.0383. The maximum Gasteiger partial charge on any atom is 0.223 e. The van der Waals surface area contributed by atoms with Gasteiger partial charge in [0.1, 0.15) is 17.1 Å². The molecule has 0 N–H and O–H groups in total. The van der Waals surface area contributed by atoms with Gasteiger partial charge in [-0.05, 0) is 30.2 Å². The number of aryl methyl sites for hydroxylation is 1. The molecular weight excluding hydrogens is 342 g/mol. The van der Waals surface area contributed by atoms with Crippen LogP contribution < -0.4 is 4.74 Å². The van der Waals surface area contributed by atoms with E-state index in [1.807, 2.05) is 61.5 Å². The van der Waals surface area contributed by atoms with E-state index in [1.54, 1.807) is 19.1 Å². The van der Waals surface area contributed by atoms with E-state index in [-0.39, 0.29) is 11.8 Å². The van der Waals surface area contributed by atoms with Crippen LogP contribution in [-0.4, -0.2) is 35.3 Å². The van der Waals surface area contributed by atoms with Gasteiger partial charge in [0.25, 0.3) is 0 Å². The van der Waals surface area contributed by atoms with Crippen LogP contribution in [0, 0.1) is 6.92 Å². The Balaban J connectivity index is 1.80. The predicted octanol–water partition coefficient (Wildman–Crippen LogP) is 3.57. The Kier molecular flexibility index (Phi) is 5.86. The lowest BCUT2D eigenvalue weighted by Crippen LogP contribution is -2.28. The number of amides is 1. The van der Waals surface area contributed by atoms with Crippen LogP contribution in [0.2, 0.25) is 0 Å². The molecule has 3 aromatic rings. The average molecular weight is 365 g/mol. The van der Waals surface area contributed by atoms with E-state index in [4.69, 9.17) is 9.37 Å². The summed E-state index contributed by atoms with van der Waals surface area (Å²) < 4.78 is 9.96. The van der Waals surface area contributed by atoms with Crippen LogP contribution in [0.15, 0.2) is 59.2 Å². The van der Waals surface area contributed by atoms with Crippen molar-refractivity contribution < 1.29 is 14.2 Å². The highest BCUT2D eigenvalue weighted by Crippen LogP contribution is 2.30. The Morgan fingerprint density at radius 2 is 1.74 bits per heavy atom. The van der Waals surface area contributed by atoms with Crippen molar-refractivity contribution in [3.63, 3.8) is 0 Å². The average Bonchev–Trinajstić information content (AvgIpc) is 3.11. The molecule has 0 spiro atoms. The molecule has 3 rings (SSSR count). The van der Waals surface area contributed by atoms with E-state index in [0.29, 0.717) is 24.4 Å². The minimum Gasteiger partial charge on any atom is -0.497 e. The van der Waals surface area contributed by atoms with E-state index in [0.717, 1.165) is 16.9 Å². The summed E-state index contributed by atoms with van der Waals surface area (Å²) in [4.78, 5) is 14.5. The Morgan fingerprint density at radius 1 is 1.07 bits per heavy atom. The third-order valence-electron chi connectivity index (χ3n) is 4.66. The number of nitrogens with zero attached hydrogens (tertiary/aromatic N) is 3. The molecule has 140 valence electrons. The SMILES string of the molecule is COc1ccc(C(CC(=O)N(C)Cc2nonc2C)c2ccccc2)cc1. The largest absolute Gasteiger partial charge is 0.497 e. The Labute approximate surface area is 158 Å². The summed E-state index contributed by atoms with van der Waals surface area (Å²) in [6.45, 7) is 2.19. The van der Waals surface area contributed by atoms with Crippen LogP contribution in [0.4, 0.5) is 0 Å². The van der Waals surface area contributed by atoms with Gasteiger partial charge in [-0.25, -0.2) is 4.63 Å². The molecule has 2 aromatic carbocycles. The van der Waals surface area contributed by atoms with Gasteiger partial charge in [0.2, 0.25) is 5.91 Å². The van der Waals surface area contributed by atoms with Crippen molar-refractivity contribution in [2.24, 2.45) is 0 Å². The lowest BCUT2D eigenvalue weighted by Gasteiger charge is -2.22. The fourth-order valence-corrected chi connectivity index (χ4v) is 2.99. The number of hydrogen-bond acceptors (Lipinski definition) is 5. The molecular formula is C21H23N3O3. The standard InChI is InChI=1S/C21H23N3O3/c1-15-20(23-27-22-15)14-24(2)21(25)13-19(16-7-5-4-6-8-16)17-9-11-18(26-3)12-10-17/h4-12,19H,13-14H2,1-3H3. The second-order valence-electron chi connectivity index (χ2n) is 6.49. The van der Waals surface area contributed by atoms with Gasteiger partial charge in [0.05, 0.1) is 13.7 Å². The molecule has 0 saturated heterocycles. The molecule has 0 aliphatic carbocycles. The van der Waals surface area contributed by atoms with Gasteiger partial charge < -0.3 is 9.64 Å². The summed E-state index contributed by atoms with van der Waals surface area (Å²) in [7, 11) is 3.41. The van der Waals surface area contributed by atoms with Gasteiger partial charge in [-0.15, -0.1) is 0 Å². The third kappa shape index (κ3) is 4.53. The first-order chi connectivity index (χ1) is 13.1. The van der Waals surface area contributed by atoms with Crippen LogP contribution in [0.25, 0.3) is 0 Å². The lowest BCUT2D eigenvalue weighted by atomic mass is 9.88. The molecule has 1 amide bonds. The summed E-state index contributed by atoms with van der Waals surface area (Å²) in [5.41, 5.74) is 3.54. The van der Waals surface area contributed by atoms with Crippen molar-refractivity contribution in [3.8, 4) is 5.75 Å². The Bertz CT molecular complexity index is 875. The normalized spacial score (nSPS) is 11.8. The lowest BCUT2D eigenvalue weighted by molar-refractivity contribution is -0.130. The predicted molar refractivity (Wildman–Crippen MR) is 101 cm³/mol. The number of ether oxygens (including phenoxy) is 1. The molecule has 0 fully saturated rings. The highest BCUT2D eigenvalue weighted by Gasteiger charge is 2.21. The van der Waals surface area contributed by atoms with Gasteiger partial charge in [-0.2, -0.15) is 0 Å². The number of carbonyl (C=O) groups is 1. The molecule has 6 heteroatoms. The molecule has 1 aromatic heterocycles. The zero-order chi connectivity index (χ0) is 19.2. The van der Waals surface area contributed by atoms with E-state index in [9.17, 15) is 4.79 Å². The van der Waals surface area contributed by atoms with E-state index in [2.05, 4.69) is 10.3 Å². The summed E-state index contributed by atoms with van der Waals surface area (Å²) in [5, 5.41) is 7.62. The first-order valence-corrected chi connectivity index (χ1v) is 8.79. The molecule has 0 aliphatic rings. The van der Waals surface area contributed by atoms with E-state index in [1.165, 1.54) is 0 Å². The molecule has 1 atom stereocenters. The second-order valence-corrected chi connectivity index (χ2v) is 6.49. The number of hydrogen-bond donors (Lipinski definition) is 0. The van der Waals surface area contributed by atoms with Crippen LogP contribution in [0.5, 0.6) is 5.75 Å². The van der Waals surface area contributed by atoms with Crippen molar-refractivity contribution >= 4 is 5.91 Å². The van der Waals surface area contributed by atoms with Crippen molar-refractivity contribution in [1.82, 2.24) is 15.2 Å². The molecule has 1 unspecified atom stereocenters. The van der Waals surface area contributed by atoms with Crippen LogP contribution in [0.1, 0.15) is 34.9 Å². The van der Waals surface area contributed by atoms with Gasteiger partial charge in [0, 0.05) is 19.4 Å². The van der Waals surface area contributed by atoms with Crippen molar-refractivity contribution in [3.05, 3.63) is 77.1 Å². The maximum absolute atomic E-state index is 12.9. The van der Waals surface area contributed by atoms with E-state index >= 15 is 0 Å². The highest BCUT2D eigenvalue weighted by molar-refractivity contribution is 5.77. The van der Waals surface area contributed by atoms with Crippen LogP contribution in [0.3, 0.4) is 0 Å².